The van der Waals surface area contributed by atoms with Crippen LogP contribution < -0.4 is 0 Å². The Morgan fingerprint density at radius 2 is 1.55 bits per heavy atom. The Labute approximate surface area is 67.7 Å². The third-order valence-corrected chi connectivity index (χ3v) is 1.45. The largest absolute Gasteiger partial charge is 0.241 e. The van der Waals surface area contributed by atoms with Gasteiger partial charge in [0.1, 0.15) is 5.82 Å². The molecule has 0 aliphatic rings. The Morgan fingerprint density at radius 1 is 1.09 bits per heavy atom. The Bertz CT molecular complexity index is 231. The van der Waals surface area contributed by atoms with E-state index < -0.39 is 0 Å². The highest BCUT2D eigenvalue weighted by Gasteiger charge is 2.15. The summed E-state index contributed by atoms with van der Waals surface area (Å²) in [6.07, 6.45) is 3.71. The Morgan fingerprint density at radius 3 is 1.91 bits per heavy atom. The zero-order valence-electron chi connectivity index (χ0n) is 7.55. The molecule has 0 bridgehead atoms. The molecule has 11 heavy (non-hydrogen) atoms. The molecule has 0 radical (unpaired) electrons. The van der Waals surface area contributed by atoms with Gasteiger partial charge in [-0.2, -0.15) is 0 Å². The van der Waals surface area contributed by atoms with E-state index in [1.165, 1.54) is 0 Å². The summed E-state index contributed by atoms with van der Waals surface area (Å²) < 4.78 is 0. The summed E-state index contributed by atoms with van der Waals surface area (Å²) in [5, 5.41) is 0. The van der Waals surface area contributed by atoms with Crippen molar-refractivity contribution < 1.29 is 0 Å². The van der Waals surface area contributed by atoms with Crippen molar-refractivity contribution in [1.29, 1.82) is 0 Å². The molecule has 0 fully saturated rings. The van der Waals surface area contributed by atoms with E-state index in [4.69, 9.17) is 0 Å². The van der Waals surface area contributed by atoms with Crippen molar-refractivity contribution in [2.75, 3.05) is 0 Å². The van der Waals surface area contributed by atoms with E-state index in [1.807, 2.05) is 19.3 Å². The van der Waals surface area contributed by atoms with E-state index in [2.05, 4.69) is 30.7 Å². The zero-order valence-corrected chi connectivity index (χ0v) is 7.55. The van der Waals surface area contributed by atoms with E-state index >= 15 is 0 Å². The lowest BCUT2D eigenvalue weighted by molar-refractivity contribution is 0.544. The van der Waals surface area contributed by atoms with E-state index in [-0.39, 0.29) is 5.41 Å². The molecule has 2 nitrogen and oxygen atoms in total. The topological polar surface area (TPSA) is 25.8 Å². The van der Waals surface area contributed by atoms with Crippen LogP contribution in [0.2, 0.25) is 0 Å². The van der Waals surface area contributed by atoms with E-state index in [0.29, 0.717) is 0 Å². The van der Waals surface area contributed by atoms with Crippen molar-refractivity contribution in [3.05, 3.63) is 23.8 Å². The standard InChI is InChI=1S/C9H14N2/c1-7-5-10-8(11-6-7)9(2,3)4/h5-6H,1-4H3. The van der Waals surface area contributed by atoms with Crippen LogP contribution in [0.15, 0.2) is 12.4 Å². The monoisotopic (exact) mass is 150 g/mol. The lowest BCUT2D eigenvalue weighted by Crippen LogP contribution is -2.15. The fourth-order valence-corrected chi connectivity index (χ4v) is 0.780. The average Bonchev–Trinajstić information content (AvgIpc) is 1.86. The number of nitrogens with zero attached hydrogens (tertiary/aromatic N) is 2. The first-order valence-electron chi connectivity index (χ1n) is 3.79. The van der Waals surface area contributed by atoms with Crippen molar-refractivity contribution in [2.45, 2.75) is 33.1 Å². The number of hydrogen-bond acceptors (Lipinski definition) is 2. The average molecular weight is 150 g/mol. The normalized spacial score (nSPS) is 11.6. The van der Waals surface area contributed by atoms with Crippen LogP contribution in [0.25, 0.3) is 0 Å². The third-order valence-electron chi connectivity index (χ3n) is 1.45. The van der Waals surface area contributed by atoms with Gasteiger partial charge in [0, 0.05) is 17.8 Å². The third kappa shape index (κ3) is 2.00. The molecule has 0 unspecified atom stereocenters. The highest BCUT2D eigenvalue weighted by atomic mass is 14.9. The number of rotatable bonds is 0. The van der Waals surface area contributed by atoms with Crippen LogP contribution in [0, 0.1) is 6.92 Å². The van der Waals surface area contributed by atoms with Gasteiger partial charge in [-0.25, -0.2) is 9.97 Å². The van der Waals surface area contributed by atoms with Gasteiger partial charge in [-0.15, -0.1) is 0 Å². The molecule has 0 amide bonds. The summed E-state index contributed by atoms with van der Waals surface area (Å²) >= 11 is 0. The lowest BCUT2D eigenvalue weighted by Gasteiger charge is -2.15. The van der Waals surface area contributed by atoms with Crippen molar-refractivity contribution in [1.82, 2.24) is 9.97 Å². The van der Waals surface area contributed by atoms with Gasteiger partial charge in [-0.1, -0.05) is 20.8 Å². The minimum Gasteiger partial charge on any atom is -0.241 e. The van der Waals surface area contributed by atoms with Gasteiger partial charge in [0.05, 0.1) is 0 Å². The summed E-state index contributed by atoms with van der Waals surface area (Å²) in [6.45, 7) is 8.32. The number of hydrogen-bond donors (Lipinski definition) is 0. The van der Waals surface area contributed by atoms with Crippen LogP contribution in [0.5, 0.6) is 0 Å². The molecule has 1 aromatic heterocycles. The second-order valence-electron chi connectivity index (χ2n) is 3.83. The fraction of sp³-hybridized carbons (Fsp3) is 0.556. The molecule has 1 rings (SSSR count). The molecule has 0 N–H and O–H groups in total. The molecule has 1 aromatic rings. The minimum absolute atomic E-state index is 0.0632. The highest BCUT2D eigenvalue weighted by molar-refractivity contribution is 5.07. The predicted octanol–water partition coefficient (Wildman–Crippen LogP) is 2.08. The van der Waals surface area contributed by atoms with Crippen LogP contribution in [0.3, 0.4) is 0 Å². The molecule has 2 heteroatoms. The first-order valence-corrected chi connectivity index (χ1v) is 3.79. The second-order valence-corrected chi connectivity index (χ2v) is 3.83. The van der Waals surface area contributed by atoms with Gasteiger partial charge in [0.15, 0.2) is 0 Å². The van der Waals surface area contributed by atoms with Crippen LogP contribution in [0.1, 0.15) is 32.2 Å². The summed E-state index contributed by atoms with van der Waals surface area (Å²) in [4.78, 5) is 8.48. The van der Waals surface area contributed by atoms with Gasteiger partial charge in [0.2, 0.25) is 0 Å². The molecular weight excluding hydrogens is 136 g/mol. The van der Waals surface area contributed by atoms with Gasteiger partial charge >= 0.3 is 0 Å². The summed E-state index contributed by atoms with van der Waals surface area (Å²) in [5.74, 6) is 0.906. The Hall–Kier alpha value is -0.920. The van der Waals surface area contributed by atoms with Crippen LogP contribution >= 0.6 is 0 Å². The SMILES string of the molecule is Cc1cnc(C(C)(C)C)nc1. The van der Waals surface area contributed by atoms with Crippen molar-refractivity contribution in [3.63, 3.8) is 0 Å². The second kappa shape index (κ2) is 2.61. The summed E-state index contributed by atoms with van der Waals surface area (Å²) in [6, 6.07) is 0. The van der Waals surface area contributed by atoms with E-state index in [9.17, 15) is 0 Å². The van der Waals surface area contributed by atoms with Crippen molar-refractivity contribution in [2.24, 2.45) is 0 Å². The van der Waals surface area contributed by atoms with Crippen LogP contribution in [-0.4, -0.2) is 9.97 Å². The molecule has 1 heterocycles. The zero-order chi connectivity index (χ0) is 8.48. The van der Waals surface area contributed by atoms with Crippen LogP contribution in [-0.2, 0) is 5.41 Å². The Balaban J connectivity index is 2.99. The maximum absolute atomic E-state index is 4.24. The lowest BCUT2D eigenvalue weighted by atomic mass is 9.96. The molecule has 0 aliphatic heterocycles. The van der Waals surface area contributed by atoms with Gasteiger partial charge in [-0.3, -0.25) is 0 Å². The number of aryl methyl sites for hydroxylation is 1. The molecule has 0 saturated heterocycles. The Kier molecular flexibility index (Phi) is 1.94. The molecule has 60 valence electrons. The summed E-state index contributed by atoms with van der Waals surface area (Å²) in [7, 11) is 0. The molecular formula is C9H14N2. The van der Waals surface area contributed by atoms with E-state index in [1.54, 1.807) is 0 Å². The van der Waals surface area contributed by atoms with E-state index in [0.717, 1.165) is 11.4 Å². The molecule has 0 atom stereocenters. The first kappa shape index (κ1) is 8.18. The molecule has 0 aromatic carbocycles. The summed E-state index contributed by atoms with van der Waals surface area (Å²) in [5.41, 5.74) is 1.17. The van der Waals surface area contributed by atoms with Gasteiger partial charge in [-0.05, 0) is 12.5 Å². The van der Waals surface area contributed by atoms with Gasteiger partial charge < -0.3 is 0 Å². The minimum atomic E-state index is 0.0632. The van der Waals surface area contributed by atoms with Gasteiger partial charge in [0.25, 0.3) is 0 Å². The molecule has 0 saturated carbocycles. The van der Waals surface area contributed by atoms with Crippen molar-refractivity contribution in [3.8, 4) is 0 Å². The van der Waals surface area contributed by atoms with Crippen LogP contribution in [0.4, 0.5) is 0 Å². The molecule has 0 aliphatic carbocycles. The fourth-order valence-electron chi connectivity index (χ4n) is 0.780. The molecule has 0 spiro atoms. The number of aromatic nitrogens is 2. The maximum atomic E-state index is 4.24. The maximum Gasteiger partial charge on any atom is 0.133 e. The first-order chi connectivity index (χ1) is 5.00. The van der Waals surface area contributed by atoms with Crippen molar-refractivity contribution >= 4 is 0 Å². The quantitative estimate of drug-likeness (QED) is 0.566. The smallest absolute Gasteiger partial charge is 0.133 e. The highest BCUT2D eigenvalue weighted by Crippen LogP contribution is 2.16. The predicted molar refractivity (Wildman–Crippen MR) is 45.5 cm³/mol.